The highest BCUT2D eigenvalue weighted by molar-refractivity contribution is 7.86. The van der Waals surface area contributed by atoms with Crippen LogP contribution in [0.3, 0.4) is 0 Å². The first-order chi connectivity index (χ1) is 6.54. The molecule has 0 saturated heterocycles. The van der Waals surface area contributed by atoms with Crippen molar-refractivity contribution in [2.24, 2.45) is 0 Å². The topological polar surface area (TPSA) is 43.4 Å². The second kappa shape index (κ2) is 3.25. The first-order valence-corrected chi connectivity index (χ1v) is 6.61. The smallest absolute Gasteiger partial charge is 0.306 e. The van der Waals surface area contributed by atoms with E-state index in [4.69, 9.17) is 4.18 Å². The molecule has 14 heavy (non-hydrogen) atoms. The highest BCUT2D eigenvalue weighted by atomic mass is 32.2. The maximum absolute atomic E-state index is 10.9. The SMILES string of the molecule is CS(=O)(=O)Oc1ccc2ccsc2c1. The molecule has 2 rings (SSSR count). The van der Waals surface area contributed by atoms with E-state index in [1.54, 1.807) is 23.5 Å². The van der Waals surface area contributed by atoms with Gasteiger partial charge in [-0.05, 0) is 35.0 Å². The molecule has 1 aromatic carbocycles. The van der Waals surface area contributed by atoms with Crippen LogP contribution < -0.4 is 4.18 Å². The molecule has 0 unspecified atom stereocenters. The molecular formula is C9H8O3S2. The van der Waals surface area contributed by atoms with E-state index in [0.29, 0.717) is 5.75 Å². The van der Waals surface area contributed by atoms with Gasteiger partial charge in [-0.3, -0.25) is 0 Å². The van der Waals surface area contributed by atoms with Crippen molar-refractivity contribution in [3.05, 3.63) is 29.6 Å². The van der Waals surface area contributed by atoms with Crippen LogP contribution in [-0.2, 0) is 10.1 Å². The first-order valence-electron chi connectivity index (χ1n) is 3.91. The van der Waals surface area contributed by atoms with E-state index in [9.17, 15) is 8.42 Å². The van der Waals surface area contributed by atoms with Crippen molar-refractivity contribution in [2.75, 3.05) is 6.26 Å². The maximum atomic E-state index is 10.9. The van der Waals surface area contributed by atoms with Crippen molar-refractivity contribution in [1.82, 2.24) is 0 Å². The lowest BCUT2D eigenvalue weighted by Gasteiger charge is -2.01. The predicted octanol–water partition coefficient (Wildman–Crippen LogP) is 2.24. The van der Waals surface area contributed by atoms with Crippen molar-refractivity contribution in [3.8, 4) is 5.75 Å². The summed E-state index contributed by atoms with van der Waals surface area (Å²) in [5, 5.41) is 3.05. The zero-order chi connectivity index (χ0) is 10.2. The van der Waals surface area contributed by atoms with E-state index in [2.05, 4.69) is 0 Å². The van der Waals surface area contributed by atoms with Crippen LogP contribution >= 0.6 is 11.3 Å². The van der Waals surface area contributed by atoms with Crippen LogP contribution in [0.5, 0.6) is 5.75 Å². The molecule has 3 nitrogen and oxygen atoms in total. The molecule has 1 aromatic heterocycles. The van der Waals surface area contributed by atoms with Crippen molar-refractivity contribution in [2.45, 2.75) is 0 Å². The fraction of sp³-hybridized carbons (Fsp3) is 0.111. The zero-order valence-corrected chi connectivity index (χ0v) is 9.06. The molecule has 0 fully saturated rings. The van der Waals surface area contributed by atoms with E-state index in [0.717, 1.165) is 16.3 Å². The van der Waals surface area contributed by atoms with Gasteiger partial charge in [-0.25, -0.2) is 0 Å². The minimum atomic E-state index is -3.42. The summed E-state index contributed by atoms with van der Waals surface area (Å²) in [6.07, 6.45) is 1.03. The van der Waals surface area contributed by atoms with Gasteiger partial charge in [0, 0.05) is 4.70 Å². The highest BCUT2D eigenvalue weighted by Crippen LogP contribution is 2.25. The van der Waals surface area contributed by atoms with Gasteiger partial charge in [0.25, 0.3) is 0 Å². The Hall–Kier alpha value is -1.07. The van der Waals surface area contributed by atoms with Crippen LogP contribution in [0.4, 0.5) is 0 Å². The zero-order valence-electron chi connectivity index (χ0n) is 7.43. The summed E-state index contributed by atoms with van der Waals surface area (Å²) in [5.74, 6) is 0.363. The normalized spacial score (nSPS) is 11.8. The van der Waals surface area contributed by atoms with Gasteiger partial charge in [0.1, 0.15) is 5.75 Å². The Bertz CT molecular complexity index is 554. The molecule has 0 aliphatic carbocycles. The van der Waals surface area contributed by atoms with Gasteiger partial charge in [0.2, 0.25) is 0 Å². The lowest BCUT2D eigenvalue weighted by atomic mass is 10.2. The minimum absolute atomic E-state index is 0.363. The molecular weight excluding hydrogens is 220 g/mol. The van der Waals surface area contributed by atoms with E-state index in [1.165, 1.54) is 0 Å². The summed E-state index contributed by atoms with van der Waals surface area (Å²) >= 11 is 1.55. The molecule has 2 aromatic rings. The number of thiophene rings is 1. The van der Waals surface area contributed by atoms with Gasteiger partial charge in [-0.2, -0.15) is 8.42 Å². The van der Waals surface area contributed by atoms with Crippen molar-refractivity contribution in [1.29, 1.82) is 0 Å². The van der Waals surface area contributed by atoms with Gasteiger partial charge in [0.15, 0.2) is 0 Å². The standard InChI is InChI=1S/C9H8O3S2/c1-14(10,11)12-8-3-2-7-4-5-13-9(7)6-8/h2-6H,1H3. The van der Waals surface area contributed by atoms with Crippen LogP contribution in [-0.4, -0.2) is 14.7 Å². The van der Waals surface area contributed by atoms with Crippen LogP contribution in [0.1, 0.15) is 0 Å². The fourth-order valence-electron chi connectivity index (χ4n) is 1.16. The third-order valence-electron chi connectivity index (χ3n) is 1.68. The molecule has 0 aliphatic heterocycles. The quantitative estimate of drug-likeness (QED) is 0.740. The summed E-state index contributed by atoms with van der Waals surface area (Å²) in [6, 6.07) is 7.19. The summed E-state index contributed by atoms with van der Waals surface area (Å²) in [6.45, 7) is 0. The number of hydrogen-bond acceptors (Lipinski definition) is 4. The van der Waals surface area contributed by atoms with Crippen molar-refractivity contribution >= 4 is 31.5 Å². The van der Waals surface area contributed by atoms with Gasteiger partial charge >= 0.3 is 10.1 Å². The average Bonchev–Trinajstić information content (AvgIpc) is 2.47. The molecule has 0 spiro atoms. The van der Waals surface area contributed by atoms with Crippen LogP contribution in [0, 0.1) is 0 Å². The highest BCUT2D eigenvalue weighted by Gasteiger charge is 2.05. The van der Waals surface area contributed by atoms with Gasteiger partial charge in [0.05, 0.1) is 6.26 Å². The van der Waals surface area contributed by atoms with Gasteiger partial charge in [-0.15, -0.1) is 11.3 Å². The molecule has 0 amide bonds. The Balaban J connectivity index is 2.44. The molecule has 5 heteroatoms. The van der Waals surface area contributed by atoms with Gasteiger partial charge < -0.3 is 4.18 Å². The summed E-state index contributed by atoms with van der Waals surface area (Å²) in [4.78, 5) is 0. The third kappa shape index (κ3) is 2.05. The molecule has 0 atom stereocenters. The number of benzene rings is 1. The monoisotopic (exact) mass is 228 g/mol. The first kappa shape index (κ1) is 9.48. The summed E-state index contributed by atoms with van der Waals surface area (Å²) in [7, 11) is -3.42. The van der Waals surface area contributed by atoms with E-state index < -0.39 is 10.1 Å². The number of hydrogen-bond donors (Lipinski definition) is 0. The van der Waals surface area contributed by atoms with Crippen LogP contribution in [0.25, 0.3) is 10.1 Å². The molecule has 0 bridgehead atoms. The minimum Gasteiger partial charge on any atom is -0.383 e. The second-order valence-corrected chi connectivity index (χ2v) is 5.43. The average molecular weight is 228 g/mol. The van der Waals surface area contributed by atoms with E-state index in [1.807, 2.05) is 17.5 Å². The fourth-order valence-corrected chi connectivity index (χ4v) is 2.43. The van der Waals surface area contributed by atoms with Crippen LogP contribution in [0.2, 0.25) is 0 Å². The molecule has 0 N–H and O–H groups in total. The van der Waals surface area contributed by atoms with Gasteiger partial charge in [-0.1, -0.05) is 0 Å². The molecule has 0 aliphatic rings. The van der Waals surface area contributed by atoms with E-state index in [-0.39, 0.29) is 0 Å². The Morgan fingerprint density at radius 3 is 2.79 bits per heavy atom. The Kier molecular flexibility index (Phi) is 2.20. The number of fused-ring (bicyclic) bond motifs is 1. The van der Waals surface area contributed by atoms with Crippen molar-refractivity contribution < 1.29 is 12.6 Å². The Morgan fingerprint density at radius 2 is 2.07 bits per heavy atom. The molecule has 74 valence electrons. The van der Waals surface area contributed by atoms with Crippen molar-refractivity contribution in [3.63, 3.8) is 0 Å². The summed E-state index contributed by atoms with van der Waals surface area (Å²) < 4.78 is 27.5. The summed E-state index contributed by atoms with van der Waals surface area (Å²) in [5.41, 5.74) is 0. The molecule has 0 saturated carbocycles. The molecule has 0 radical (unpaired) electrons. The second-order valence-electron chi connectivity index (χ2n) is 2.91. The molecule has 1 heterocycles. The predicted molar refractivity (Wildman–Crippen MR) is 57.3 cm³/mol. The number of rotatable bonds is 2. The Labute approximate surface area is 86.1 Å². The Morgan fingerprint density at radius 1 is 1.29 bits per heavy atom. The lowest BCUT2D eigenvalue weighted by Crippen LogP contribution is -2.05. The third-order valence-corrected chi connectivity index (χ3v) is 3.05. The lowest BCUT2D eigenvalue weighted by molar-refractivity contribution is 0.493. The van der Waals surface area contributed by atoms with E-state index >= 15 is 0 Å². The maximum Gasteiger partial charge on any atom is 0.306 e. The largest absolute Gasteiger partial charge is 0.383 e. The van der Waals surface area contributed by atoms with Crippen LogP contribution in [0.15, 0.2) is 29.6 Å².